The molecule has 0 saturated heterocycles. The molecular formula is C9H13N3O4. The van der Waals surface area contributed by atoms with E-state index in [2.05, 4.69) is 5.32 Å². The summed E-state index contributed by atoms with van der Waals surface area (Å²) >= 11 is 0. The van der Waals surface area contributed by atoms with Crippen LogP contribution in [0.1, 0.15) is 10.4 Å². The van der Waals surface area contributed by atoms with Crippen molar-refractivity contribution < 1.29 is 20.1 Å². The average molecular weight is 227 g/mol. The van der Waals surface area contributed by atoms with E-state index in [1.807, 2.05) is 0 Å². The van der Waals surface area contributed by atoms with Crippen LogP contribution >= 0.6 is 0 Å². The number of aliphatic hydroxyl groups is 3. The van der Waals surface area contributed by atoms with Crippen LogP contribution in [0.15, 0.2) is 18.2 Å². The lowest BCUT2D eigenvalue weighted by Crippen LogP contribution is -2.42. The van der Waals surface area contributed by atoms with Crippen molar-refractivity contribution in [3.8, 4) is 0 Å². The maximum atomic E-state index is 11.4. The summed E-state index contributed by atoms with van der Waals surface area (Å²) in [6.07, 6.45) is 0. The van der Waals surface area contributed by atoms with Gasteiger partial charge in [-0.25, -0.2) is 0 Å². The van der Waals surface area contributed by atoms with Crippen LogP contribution in [0.2, 0.25) is 0 Å². The number of nitrogens with two attached hydrogens (primary N) is 2. The van der Waals surface area contributed by atoms with Gasteiger partial charge >= 0.3 is 0 Å². The molecule has 0 aromatic heterocycles. The molecular weight excluding hydrogens is 214 g/mol. The smallest absolute Gasteiger partial charge is 0.293 e. The third-order valence-electron chi connectivity index (χ3n) is 1.73. The van der Waals surface area contributed by atoms with E-state index in [9.17, 15) is 4.79 Å². The number of nitrogens with one attached hydrogen (secondary N) is 1. The van der Waals surface area contributed by atoms with Gasteiger partial charge in [-0.2, -0.15) is 0 Å². The highest BCUT2D eigenvalue weighted by Gasteiger charge is 2.19. The maximum absolute atomic E-state index is 11.4. The quantitative estimate of drug-likeness (QED) is 0.266. The number of carbonyl (C=O) groups excluding carboxylic acids is 1. The van der Waals surface area contributed by atoms with E-state index in [0.29, 0.717) is 11.4 Å². The molecule has 1 aromatic carbocycles. The fourth-order valence-corrected chi connectivity index (χ4v) is 1.11. The molecule has 88 valence electrons. The fourth-order valence-electron chi connectivity index (χ4n) is 1.11. The number of rotatable bonds is 3. The molecule has 1 rings (SSSR count). The topological polar surface area (TPSA) is 142 Å². The van der Waals surface area contributed by atoms with E-state index < -0.39 is 18.4 Å². The molecule has 0 unspecified atom stereocenters. The summed E-state index contributed by atoms with van der Waals surface area (Å²) in [5.41, 5.74) is 11.7. The van der Waals surface area contributed by atoms with Gasteiger partial charge in [0.1, 0.15) is 0 Å². The minimum absolute atomic E-state index is 0.168. The summed E-state index contributed by atoms with van der Waals surface area (Å²) in [4.78, 5) is 11.4. The lowest BCUT2D eigenvalue weighted by atomic mass is 10.1. The first-order chi connectivity index (χ1) is 7.28. The van der Waals surface area contributed by atoms with Crippen LogP contribution in [0, 0.1) is 0 Å². The van der Waals surface area contributed by atoms with Crippen molar-refractivity contribution in [2.45, 2.75) is 5.97 Å². The first-order valence-electron chi connectivity index (χ1n) is 4.39. The monoisotopic (exact) mass is 227 g/mol. The summed E-state index contributed by atoms with van der Waals surface area (Å²) in [5, 5.41) is 27.8. The Morgan fingerprint density at radius 2 is 1.69 bits per heavy atom. The van der Waals surface area contributed by atoms with Gasteiger partial charge in [0.15, 0.2) is 0 Å². The number of hydrogen-bond acceptors (Lipinski definition) is 6. The van der Waals surface area contributed by atoms with Crippen molar-refractivity contribution in [3.05, 3.63) is 23.8 Å². The van der Waals surface area contributed by atoms with Gasteiger partial charge in [-0.1, -0.05) is 0 Å². The molecule has 0 aliphatic carbocycles. The lowest BCUT2D eigenvalue weighted by molar-refractivity contribution is -0.305. The second-order valence-electron chi connectivity index (χ2n) is 3.35. The summed E-state index contributed by atoms with van der Waals surface area (Å²) in [6.45, 7) is -0.722. The Balaban J connectivity index is 2.73. The predicted molar refractivity (Wildman–Crippen MR) is 57.0 cm³/mol. The molecule has 0 fully saturated rings. The van der Waals surface area contributed by atoms with E-state index in [1.54, 1.807) is 0 Å². The maximum Gasteiger partial charge on any atom is 0.293 e. The van der Waals surface area contributed by atoms with Crippen LogP contribution in [0.4, 0.5) is 11.4 Å². The van der Waals surface area contributed by atoms with Gasteiger partial charge < -0.3 is 32.1 Å². The highest BCUT2D eigenvalue weighted by Crippen LogP contribution is 2.13. The first kappa shape index (κ1) is 12.2. The van der Waals surface area contributed by atoms with Crippen LogP contribution in [0.25, 0.3) is 0 Å². The van der Waals surface area contributed by atoms with Crippen molar-refractivity contribution in [3.63, 3.8) is 0 Å². The lowest BCUT2D eigenvalue weighted by Gasteiger charge is -2.14. The van der Waals surface area contributed by atoms with E-state index in [4.69, 9.17) is 26.8 Å². The number of anilines is 2. The second kappa shape index (κ2) is 4.35. The Labute approximate surface area is 91.3 Å². The zero-order chi connectivity index (χ0) is 12.3. The standard InChI is InChI=1S/C9H13N3O4/c10-6-1-5(2-7(11)3-6)8(13)12-4-9(14,15)16/h1-3,14-16H,4,10-11H2,(H,12,13). The van der Waals surface area contributed by atoms with E-state index in [0.717, 1.165) is 0 Å². The van der Waals surface area contributed by atoms with Crippen LogP contribution in [0.5, 0.6) is 0 Å². The molecule has 0 aliphatic heterocycles. The first-order valence-corrected chi connectivity index (χ1v) is 4.39. The second-order valence-corrected chi connectivity index (χ2v) is 3.35. The van der Waals surface area contributed by atoms with Gasteiger partial charge in [0, 0.05) is 16.9 Å². The highest BCUT2D eigenvalue weighted by atomic mass is 16.7. The minimum Gasteiger partial charge on any atom is -0.399 e. The minimum atomic E-state index is -2.94. The third kappa shape index (κ3) is 3.73. The molecule has 8 N–H and O–H groups in total. The van der Waals surface area contributed by atoms with Gasteiger partial charge in [-0.15, -0.1) is 0 Å². The Hall–Kier alpha value is -1.83. The van der Waals surface area contributed by atoms with Gasteiger partial charge in [0.25, 0.3) is 11.9 Å². The summed E-state index contributed by atoms with van der Waals surface area (Å²) in [6, 6.07) is 4.23. The summed E-state index contributed by atoms with van der Waals surface area (Å²) in [7, 11) is 0. The van der Waals surface area contributed by atoms with Crippen molar-refractivity contribution in [1.29, 1.82) is 0 Å². The molecule has 1 aromatic rings. The molecule has 0 heterocycles. The molecule has 0 aliphatic rings. The molecule has 0 bridgehead atoms. The summed E-state index contributed by atoms with van der Waals surface area (Å²) < 4.78 is 0. The van der Waals surface area contributed by atoms with E-state index in [-0.39, 0.29) is 5.56 Å². The van der Waals surface area contributed by atoms with Crippen LogP contribution in [0.3, 0.4) is 0 Å². The average Bonchev–Trinajstić information content (AvgIpc) is 2.11. The van der Waals surface area contributed by atoms with Gasteiger partial charge in [0.2, 0.25) is 0 Å². The Kier molecular flexibility index (Phi) is 3.33. The number of amides is 1. The molecule has 7 heteroatoms. The predicted octanol–water partition coefficient (Wildman–Crippen LogP) is -1.79. The summed E-state index contributed by atoms with van der Waals surface area (Å²) in [5.74, 6) is -3.57. The largest absolute Gasteiger partial charge is 0.399 e. The zero-order valence-corrected chi connectivity index (χ0v) is 8.34. The number of benzene rings is 1. The van der Waals surface area contributed by atoms with Crippen molar-refractivity contribution in [1.82, 2.24) is 5.32 Å². The van der Waals surface area contributed by atoms with Crippen LogP contribution < -0.4 is 16.8 Å². The van der Waals surface area contributed by atoms with Crippen molar-refractivity contribution in [2.24, 2.45) is 0 Å². The Morgan fingerprint density at radius 3 is 2.12 bits per heavy atom. The molecule has 1 amide bonds. The third-order valence-corrected chi connectivity index (χ3v) is 1.73. The normalized spacial score (nSPS) is 11.2. The fraction of sp³-hybridized carbons (Fsp3) is 0.222. The molecule has 0 spiro atoms. The number of hydrogen-bond donors (Lipinski definition) is 6. The molecule has 0 saturated carbocycles. The van der Waals surface area contributed by atoms with E-state index in [1.165, 1.54) is 18.2 Å². The van der Waals surface area contributed by atoms with E-state index >= 15 is 0 Å². The Morgan fingerprint density at radius 1 is 1.19 bits per heavy atom. The Bertz CT molecular complexity index is 380. The SMILES string of the molecule is Nc1cc(N)cc(C(=O)NCC(O)(O)O)c1. The number of carbonyl (C=O) groups is 1. The van der Waals surface area contributed by atoms with Crippen LogP contribution in [-0.2, 0) is 0 Å². The zero-order valence-electron chi connectivity index (χ0n) is 8.34. The van der Waals surface area contributed by atoms with Gasteiger partial charge in [-0.3, -0.25) is 4.79 Å². The molecule has 7 nitrogen and oxygen atoms in total. The van der Waals surface area contributed by atoms with Crippen molar-refractivity contribution in [2.75, 3.05) is 18.0 Å². The molecule has 0 atom stereocenters. The molecule has 16 heavy (non-hydrogen) atoms. The number of nitrogen functional groups attached to an aromatic ring is 2. The molecule has 0 radical (unpaired) electrons. The van der Waals surface area contributed by atoms with Gasteiger partial charge in [-0.05, 0) is 18.2 Å². The van der Waals surface area contributed by atoms with Crippen molar-refractivity contribution >= 4 is 17.3 Å². The van der Waals surface area contributed by atoms with Crippen LogP contribution in [-0.4, -0.2) is 33.7 Å². The van der Waals surface area contributed by atoms with Gasteiger partial charge in [0.05, 0.1) is 6.54 Å². The highest BCUT2D eigenvalue weighted by molar-refractivity contribution is 5.96.